The zero-order valence-electron chi connectivity index (χ0n) is 12.2. The van der Waals surface area contributed by atoms with Crippen LogP contribution in [-0.2, 0) is 6.42 Å². The van der Waals surface area contributed by atoms with Gasteiger partial charge in [-0.15, -0.1) is 0 Å². The summed E-state index contributed by atoms with van der Waals surface area (Å²) < 4.78 is 27.4. The molecule has 0 amide bonds. The first-order chi connectivity index (χ1) is 10.2. The van der Waals surface area contributed by atoms with Crippen LogP contribution in [0.2, 0.25) is 0 Å². The number of halogens is 2. The van der Waals surface area contributed by atoms with Gasteiger partial charge in [0.25, 0.3) is 0 Å². The average molecular weight is 290 g/mol. The van der Waals surface area contributed by atoms with Crippen molar-refractivity contribution in [3.63, 3.8) is 0 Å². The van der Waals surface area contributed by atoms with Crippen molar-refractivity contribution in [2.24, 2.45) is 0 Å². The van der Waals surface area contributed by atoms with E-state index >= 15 is 0 Å². The standard InChI is InChI=1S/C17H20F2N2/c1-2-11-21-16(10-9-13-6-3-4-12-20-13)14-7-5-8-15(18)17(14)19/h3-8,12,16,21H,2,9-11H2,1H3. The number of pyridine rings is 1. The SMILES string of the molecule is CCCNC(CCc1ccccn1)c1cccc(F)c1F. The van der Waals surface area contributed by atoms with Crippen LogP contribution in [0.1, 0.15) is 37.1 Å². The minimum atomic E-state index is -0.798. The topological polar surface area (TPSA) is 24.9 Å². The summed E-state index contributed by atoms with van der Waals surface area (Å²) in [6.45, 7) is 2.81. The van der Waals surface area contributed by atoms with Gasteiger partial charge in [-0.05, 0) is 44.0 Å². The molecule has 21 heavy (non-hydrogen) atoms. The highest BCUT2D eigenvalue weighted by Gasteiger charge is 2.17. The smallest absolute Gasteiger partial charge is 0.163 e. The number of nitrogens with one attached hydrogen (secondary N) is 1. The quantitative estimate of drug-likeness (QED) is 0.832. The van der Waals surface area contributed by atoms with Gasteiger partial charge in [-0.1, -0.05) is 25.1 Å². The fourth-order valence-electron chi connectivity index (χ4n) is 2.31. The number of hydrogen-bond donors (Lipinski definition) is 1. The van der Waals surface area contributed by atoms with Gasteiger partial charge in [0.2, 0.25) is 0 Å². The highest BCUT2D eigenvalue weighted by Crippen LogP contribution is 2.23. The maximum absolute atomic E-state index is 14.0. The van der Waals surface area contributed by atoms with Gasteiger partial charge in [0, 0.05) is 23.5 Å². The fraction of sp³-hybridized carbons (Fsp3) is 0.353. The van der Waals surface area contributed by atoms with Gasteiger partial charge in [-0.25, -0.2) is 8.78 Å². The van der Waals surface area contributed by atoms with Crippen molar-refractivity contribution in [2.45, 2.75) is 32.2 Å². The zero-order chi connectivity index (χ0) is 15.1. The summed E-state index contributed by atoms with van der Waals surface area (Å²) in [6, 6.07) is 9.87. The third-order valence-corrected chi connectivity index (χ3v) is 3.41. The Hall–Kier alpha value is -1.81. The normalized spacial score (nSPS) is 12.3. The molecule has 1 atom stereocenters. The molecule has 0 aliphatic carbocycles. The molecule has 2 aromatic rings. The van der Waals surface area contributed by atoms with Crippen LogP contribution in [0.25, 0.3) is 0 Å². The van der Waals surface area contributed by atoms with Crippen molar-refractivity contribution in [2.75, 3.05) is 6.54 Å². The Bertz CT molecular complexity index is 558. The zero-order valence-corrected chi connectivity index (χ0v) is 12.2. The monoisotopic (exact) mass is 290 g/mol. The predicted molar refractivity (Wildman–Crippen MR) is 80.0 cm³/mol. The molecular formula is C17H20F2N2. The molecule has 0 saturated carbocycles. The van der Waals surface area contributed by atoms with Gasteiger partial charge in [-0.2, -0.15) is 0 Å². The number of aryl methyl sites for hydroxylation is 1. The Labute approximate surface area is 124 Å². The second-order valence-electron chi connectivity index (χ2n) is 5.01. The van der Waals surface area contributed by atoms with Gasteiger partial charge in [0.15, 0.2) is 11.6 Å². The van der Waals surface area contributed by atoms with E-state index in [0.717, 1.165) is 31.1 Å². The van der Waals surface area contributed by atoms with Crippen molar-refractivity contribution in [1.29, 1.82) is 0 Å². The lowest BCUT2D eigenvalue weighted by molar-refractivity contribution is 0.445. The minimum absolute atomic E-state index is 0.206. The van der Waals surface area contributed by atoms with Gasteiger partial charge < -0.3 is 5.32 Å². The molecule has 0 aliphatic rings. The van der Waals surface area contributed by atoms with Crippen molar-refractivity contribution in [3.05, 3.63) is 65.5 Å². The second kappa shape index (κ2) is 7.84. The Kier molecular flexibility index (Phi) is 5.81. The van der Waals surface area contributed by atoms with E-state index in [0.29, 0.717) is 12.0 Å². The van der Waals surface area contributed by atoms with E-state index in [9.17, 15) is 8.78 Å². The molecule has 0 spiro atoms. The molecular weight excluding hydrogens is 270 g/mol. The van der Waals surface area contributed by atoms with Gasteiger partial charge in [0.1, 0.15) is 0 Å². The summed E-state index contributed by atoms with van der Waals surface area (Å²) in [5, 5.41) is 3.29. The molecule has 0 saturated heterocycles. The molecule has 1 heterocycles. The van der Waals surface area contributed by atoms with E-state index in [-0.39, 0.29) is 6.04 Å². The first-order valence-corrected chi connectivity index (χ1v) is 7.29. The van der Waals surface area contributed by atoms with Crippen molar-refractivity contribution < 1.29 is 8.78 Å². The molecule has 2 nitrogen and oxygen atoms in total. The summed E-state index contributed by atoms with van der Waals surface area (Å²) >= 11 is 0. The predicted octanol–water partition coefficient (Wildman–Crippen LogP) is 4.03. The van der Waals surface area contributed by atoms with Crippen molar-refractivity contribution in [3.8, 4) is 0 Å². The van der Waals surface area contributed by atoms with Crippen molar-refractivity contribution >= 4 is 0 Å². The molecule has 0 radical (unpaired) electrons. The van der Waals surface area contributed by atoms with E-state index in [2.05, 4.69) is 10.3 Å². The largest absolute Gasteiger partial charge is 0.310 e. The molecule has 0 bridgehead atoms. The molecule has 4 heteroatoms. The number of benzene rings is 1. The lowest BCUT2D eigenvalue weighted by atomic mass is 9.99. The maximum Gasteiger partial charge on any atom is 0.163 e. The molecule has 112 valence electrons. The Morgan fingerprint density at radius 1 is 1.14 bits per heavy atom. The fourth-order valence-corrected chi connectivity index (χ4v) is 2.31. The highest BCUT2D eigenvalue weighted by molar-refractivity contribution is 5.23. The minimum Gasteiger partial charge on any atom is -0.310 e. The summed E-state index contributed by atoms with van der Waals surface area (Å²) in [7, 11) is 0. The molecule has 1 N–H and O–H groups in total. The van der Waals surface area contributed by atoms with Crippen LogP contribution in [0.4, 0.5) is 8.78 Å². The van der Waals surface area contributed by atoms with Crippen molar-refractivity contribution in [1.82, 2.24) is 10.3 Å². The Morgan fingerprint density at radius 3 is 2.71 bits per heavy atom. The second-order valence-corrected chi connectivity index (χ2v) is 5.01. The molecule has 1 unspecified atom stereocenters. The van der Waals surface area contributed by atoms with E-state index in [1.54, 1.807) is 18.3 Å². The number of aromatic nitrogens is 1. The van der Waals surface area contributed by atoms with Gasteiger partial charge >= 0.3 is 0 Å². The van der Waals surface area contributed by atoms with Crippen LogP contribution in [-0.4, -0.2) is 11.5 Å². The first kappa shape index (κ1) is 15.6. The van der Waals surface area contributed by atoms with Crippen LogP contribution in [0.15, 0.2) is 42.6 Å². The van der Waals surface area contributed by atoms with Crippen LogP contribution >= 0.6 is 0 Å². The maximum atomic E-state index is 14.0. The first-order valence-electron chi connectivity index (χ1n) is 7.29. The van der Waals surface area contributed by atoms with Gasteiger partial charge in [-0.3, -0.25) is 4.98 Å². The van der Waals surface area contributed by atoms with Crippen LogP contribution in [0.5, 0.6) is 0 Å². The van der Waals surface area contributed by atoms with Gasteiger partial charge in [0.05, 0.1) is 0 Å². The Morgan fingerprint density at radius 2 is 2.00 bits per heavy atom. The lowest BCUT2D eigenvalue weighted by Crippen LogP contribution is -2.24. The lowest BCUT2D eigenvalue weighted by Gasteiger charge is -2.19. The summed E-state index contributed by atoms with van der Waals surface area (Å²) in [5.74, 6) is -1.55. The summed E-state index contributed by atoms with van der Waals surface area (Å²) in [6.07, 6.45) is 4.08. The van der Waals surface area contributed by atoms with E-state index < -0.39 is 11.6 Å². The van der Waals surface area contributed by atoms with E-state index in [1.807, 2.05) is 25.1 Å². The van der Waals surface area contributed by atoms with Crippen LogP contribution in [0, 0.1) is 11.6 Å². The van der Waals surface area contributed by atoms with E-state index in [1.165, 1.54) is 0 Å². The molecule has 1 aromatic carbocycles. The number of rotatable bonds is 7. The number of nitrogens with zero attached hydrogens (tertiary/aromatic N) is 1. The van der Waals surface area contributed by atoms with Crippen LogP contribution in [0.3, 0.4) is 0 Å². The van der Waals surface area contributed by atoms with E-state index in [4.69, 9.17) is 0 Å². The summed E-state index contributed by atoms with van der Waals surface area (Å²) in [4.78, 5) is 4.27. The van der Waals surface area contributed by atoms with Crippen LogP contribution < -0.4 is 5.32 Å². The molecule has 2 rings (SSSR count). The third-order valence-electron chi connectivity index (χ3n) is 3.41. The average Bonchev–Trinajstić information content (AvgIpc) is 2.52. The summed E-state index contributed by atoms with van der Waals surface area (Å²) in [5.41, 5.74) is 1.34. The molecule has 0 aliphatic heterocycles. The molecule has 1 aromatic heterocycles. The number of hydrogen-bond acceptors (Lipinski definition) is 2. The molecule has 0 fully saturated rings. The highest BCUT2D eigenvalue weighted by atomic mass is 19.2. The third kappa shape index (κ3) is 4.33. The Balaban J connectivity index is 2.12.